The van der Waals surface area contributed by atoms with Crippen molar-refractivity contribution >= 4 is 33.5 Å². The third kappa shape index (κ3) is 3.45. The van der Waals surface area contributed by atoms with Crippen molar-refractivity contribution in [2.24, 2.45) is 0 Å². The molecule has 0 radical (unpaired) electrons. The van der Waals surface area contributed by atoms with Crippen LogP contribution < -0.4 is 0 Å². The fourth-order valence-corrected chi connectivity index (χ4v) is 2.69. The maximum absolute atomic E-state index is 10.9. The van der Waals surface area contributed by atoms with Crippen LogP contribution in [0.15, 0.2) is 22.7 Å². The Balaban J connectivity index is 2.02. The van der Waals surface area contributed by atoms with Gasteiger partial charge in [0.05, 0.1) is 6.61 Å². The number of aliphatic carboxylic acids is 1. The number of benzene rings is 1. The predicted octanol–water partition coefficient (Wildman–Crippen LogP) is 2.39. The van der Waals surface area contributed by atoms with Gasteiger partial charge in [-0.25, -0.2) is 4.79 Å². The van der Waals surface area contributed by atoms with Crippen molar-refractivity contribution in [1.82, 2.24) is 4.90 Å². The molecule has 4 nitrogen and oxygen atoms in total. The molecule has 0 bridgehead atoms. The Hall–Kier alpha value is -0.620. The van der Waals surface area contributed by atoms with Gasteiger partial charge in [0.2, 0.25) is 0 Å². The van der Waals surface area contributed by atoms with E-state index in [9.17, 15) is 4.79 Å². The highest BCUT2D eigenvalue weighted by molar-refractivity contribution is 9.10. The van der Waals surface area contributed by atoms with Crippen molar-refractivity contribution in [3.8, 4) is 0 Å². The normalized spacial score (nSPS) is 20.9. The van der Waals surface area contributed by atoms with Gasteiger partial charge in [-0.05, 0) is 17.7 Å². The summed E-state index contributed by atoms with van der Waals surface area (Å²) >= 11 is 9.34. The lowest BCUT2D eigenvalue weighted by atomic mass is 10.2. The molecule has 1 unspecified atom stereocenters. The minimum atomic E-state index is -0.908. The van der Waals surface area contributed by atoms with Gasteiger partial charge in [0, 0.05) is 29.1 Å². The van der Waals surface area contributed by atoms with Crippen LogP contribution in [0.4, 0.5) is 0 Å². The summed E-state index contributed by atoms with van der Waals surface area (Å²) in [6.07, 6.45) is -0.732. The average molecular weight is 335 g/mol. The van der Waals surface area contributed by atoms with Crippen LogP contribution in [0, 0.1) is 0 Å². The first-order chi connectivity index (χ1) is 8.56. The highest BCUT2D eigenvalue weighted by Crippen LogP contribution is 2.23. The minimum Gasteiger partial charge on any atom is -0.479 e. The average Bonchev–Trinajstić information content (AvgIpc) is 2.33. The van der Waals surface area contributed by atoms with E-state index in [1.54, 1.807) is 0 Å². The van der Waals surface area contributed by atoms with E-state index in [0.29, 0.717) is 24.7 Å². The second kappa shape index (κ2) is 6.02. The highest BCUT2D eigenvalue weighted by Gasteiger charge is 2.26. The summed E-state index contributed by atoms with van der Waals surface area (Å²) in [7, 11) is 0. The first kappa shape index (κ1) is 13.8. The molecule has 1 aromatic carbocycles. The first-order valence-corrected chi connectivity index (χ1v) is 6.74. The summed E-state index contributed by atoms with van der Waals surface area (Å²) in [4.78, 5) is 13.0. The van der Waals surface area contributed by atoms with Gasteiger partial charge >= 0.3 is 5.97 Å². The Labute approximate surface area is 119 Å². The van der Waals surface area contributed by atoms with E-state index in [1.165, 1.54) is 0 Å². The molecule has 1 heterocycles. The fraction of sp³-hybridized carbons (Fsp3) is 0.417. The predicted molar refractivity (Wildman–Crippen MR) is 71.8 cm³/mol. The molecular weight excluding hydrogens is 321 g/mol. The number of halogens is 2. The fourth-order valence-electron chi connectivity index (χ4n) is 1.89. The zero-order chi connectivity index (χ0) is 13.1. The van der Waals surface area contributed by atoms with Gasteiger partial charge in [0.25, 0.3) is 0 Å². The Morgan fingerprint density at radius 1 is 1.61 bits per heavy atom. The van der Waals surface area contributed by atoms with Crippen LogP contribution in [0.2, 0.25) is 5.02 Å². The summed E-state index contributed by atoms with van der Waals surface area (Å²) in [5, 5.41) is 9.61. The van der Waals surface area contributed by atoms with Gasteiger partial charge in [0.15, 0.2) is 6.10 Å². The van der Waals surface area contributed by atoms with E-state index in [0.717, 1.165) is 16.6 Å². The van der Waals surface area contributed by atoms with Crippen molar-refractivity contribution < 1.29 is 14.6 Å². The van der Waals surface area contributed by atoms with Crippen molar-refractivity contribution in [1.29, 1.82) is 0 Å². The molecule has 1 fully saturated rings. The second-order valence-corrected chi connectivity index (χ2v) is 5.46. The molecule has 2 rings (SSSR count). The molecule has 1 aliphatic heterocycles. The molecule has 0 aliphatic carbocycles. The number of rotatable bonds is 3. The molecule has 1 atom stereocenters. The summed E-state index contributed by atoms with van der Waals surface area (Å²) < 4.78 is 6.12. The van der Waals surface area contributed by atoms with Crippen LogP contribution in [-0.2, 0) is 16.1 Å². The molecule has 6 heteroatoms. The number of ether oxygens (including phenoxy) is 1. The van der Waals surface area contributed by atoms with Crippen molar-refractivity contribution in [2.75, 3.05) is 19.7 Å². The topological polar surface area (TPSA) is 49.8 Å². The largest absolute Gasteiger partial charge is 0.479 e. The Morgan fingerprint density at radius 2 is 2.39 bits per heavy atom. The maximum Gasteiger partial charge on any atom is 0.334 e. The second-order valence-electron chi connectivity index (χ2n) is 4.17. The van der Waals surface area contributed by atoms with E-state index in [1.807, 2.05) is 18.2 Å². The first-order valence-electron chi connectivity index (χ1n) is 5.57. The molecule has 1 N–H and O–H groups in total. The van der Waals surface area contributed by atoms with Crippen LogP contribution in [0.3, 0.4) is 0 Å². The molecule has 0 amide bonds. The minimum absolute atomic E-state index is 0.407. The molecule has 1 saturated heterocycles. The summed E-state index contributed by atoms with van der Waals surface area (Å²) in [6, 6.07) is 5.61. The van der Waals surface area contributed by atoms with Crippen molar-refractivity contribution in [3.05, 3.63) is 33.3 Å². The number of carboxylic acid groups (broad SMARTS) is 1. The molecule has 98 valence electrons. The highest BCUT2D eigenvalue weighted by atomic mass is 79.9. The van der Waals surface area contributed by atoms with Crippen LogP contribution in [0.5, 0.6) is 0 Å². The van der Waals surface area contributed by atoms with E-state index < -0.39 is 12.1 Å². The number of morpholine rings is 1. The third-order valence-corrected chi connectivity index (χ3v) is 3.81. The molecule has 1 aliphatic rings. The van der Waals surface area contributed by atoms with Crippen molar-refractivity contribution in [3.63, 3.8) is 0 Å². The van der Waals surface area contributed by atoms with Gasteiger partial charge in [-0.3, -0.25) is 4.90 Å². The SMILES string of the molecule is O=C(O)C1CN(Cc2ccc(Cl)cc2Br)CCO1. The van der Waals surface area contributed by atoms with Gasteiger partial charge in [0.1, 0.15) is 0 Å². The van der Waals surface area contributed by atoms with Crippen LogP contribution in [0.1, 0.15) is 5.56 Å². The Kier molecular flexibility index (Phi) is 4.61. The quantitative estimate of drug-likeness (QED) is 0.922. The lowest BCUT2D eigenvalue weighted by molar-refractivity contribution is -0.156. The smallest absolute Gasteiger partial charge is 0.334 e. The molecule has 0 spiro atoms. The Bertz CT molecular complexity index is 455. The lowest BCUT2D eigenvalue weighted by Crippen LogP contribution is -2.45. The maximum atomic E-state index is 10.9. The number of hydrogen-bond donors (Lipinski definition) is 1. The standard InChI is InChI=1S/C12H13BrClNO3/c13-10-5-9(14)2-1-8(10)6-15-3-4-18-11(7-15)12(16)17/h1-2,5,11H,3-4,6-7H2,(H,16,17). The zero-order valence-electron chi connectivity index (χ0n) is 9.60. The molecule has 0 saturated carbocycles. The van der Waals surface area contributed by atoms with Gasteiger partial charge < -0.3 is 9.84 Å². The van der Waals surface area contributed by atoms with Crippen molar-refractivity contribution in [2.45, 2.75) is 12.6 Å². The number of carboxylic acids is 1. The monoisotopic (exact) mass is 333 g/mol. The Morgan fingerprint density at radius 3 is 3.06 bits per heavy atom. The number of hydrogen-bond acceptors (Lipinski definition) is 3. The van der Waals surface area contributed by atoms with E-state index in [4.69, 9.17) is 21.4 Å². The molecule has 18 heavy (non-hydrogen) atoms. The van der Waals surface area contributed by atoms with Gasteiger partial charge in [-0.2, -0.15) is 0 Å². The van der Waals surface area contributed by atoms with Crippen LogP contribution >= 0.6 is 27.5 Å². The van der Waals surface area contributed by atoms with E-state index in [-0.39, 0.29) is 0 Å². The number of carbonyl (C=O) groups is 1. The third-order valence-electron chi connectivity index (χ3n) is 2.84. The molecular formula is C12H13BrClNO3. The molecule has 0 aromatic heterocycles. The van der Waals surface area contributed by atoms with Gasteiger partial charge in [-0.15, -0.1) is 0 Å². The lowest BCUT2D eigenvalue weighted by Gasteiger charge is -2.31. The summed E-state index contributed by atoms with van der Waals surface area (Å²) in [5.74, 6) is -0.908. The van der Waals surface area contributed by atoms with Gasteiger partial charge in [-0.1, -0.05) is 33.6 Å². The van der Waals surface area contributed by atoms with E-state index in [2.05, 4.69) is 20.8 Å². The number of nitrogens with zero attached hydrogens (tertiary/aromatic N) is 1. The summed E-state index contributed by atoms with van der Waals surface area (Å²) in [5.41, 5.74) is 1.09. The zero-order valence-corrected chi connectivity index (χ0v) is 11.9. The molecule has 1 aromatic rings. The van der Waals surface area contributed by atoms with Crippen LogP contribution in [-0.4, -0.2) is 41.8 Å². The summed E-state index contributed by atoms with van der Waals surface area (Å²) in [6.45, 7) is 2.27. The van der Waals surface area contributed by atoms with Crippen LogP contribution in [0.25, 0.3) is 0 Å². The van der Waals surface area contributed by atoms with E-state index >= 15 is 0 Å².